The topological polar surface area (TPSA) is 149 Å². The van der Waals surface area contributed by atoms with Crippen LogP contribution in [0.5, 0.6) is 0 Å². The lowest BCUT2D eigenvalue weighted by molar-refractivity contribution is -0.302. The Bertz CT molecular complexity index is 1150. The van der Waals surface area contributed by atoms with E-state index in [9.17, 15) is 30.3 Å². The molecule has 1 rings (SSSR count). The van der Waals surface area contributed by atoms with Crippen LogP contribution >= 0.6 is 0 Å². The number of hydrogen-bond donors (Lipinski definition) is 6. The number of carbonyl (C=O) groups excluding carboxylic acids is 1. The SMILES string of the molecule is CCCCCCCCCC/C=C\CCCCCCCCCCCCCC(=O)NC(COC1OC(CO)C(O)C(O)C1O)C(O)/C=C/CC/C=C/CCCCCCCCCCCCCCCCC. The van der Waals surface area contributed by atoms with E-state index >= 15 is 0 Å². The van der Waals surface area contributed by atoms with Crippen LogP contribution in [-0.2, 0) is 14.3 Å². The highest BCUT2D eigenvalue weighted by Crippen LogP contribution is 2.23. The van der Waals surface area contributed by atoms with Gasteiger partial charge in [0.15, 0.2) is 6.29 Å². The Hall–Kier alpha value is -1.59. The molecule has 1 fully saturated rings. The van der Waals surface area contributed by atoms with Gasteiger partial charge in [0, 0.05) is 6.42 Å². The maximum absolute atomic E-state index is 13.0. The van der Waals surface area contributed by atoms with Gasteiger partial charge in [-0.15, -0.1) is 0 Å². The molecule has 0 aliphatic carbocycles. The number of ether oxygens (including phenoxy) is 2. The van der Waals surface area contributed by atoms with Crippen molar-refractivity contribution in [1.29, 1.82) is 0 Å². The largest absolute Gasteiger partial charge is 0.394 e. The molecular weight excluding hydrogens is 839 g/mol. The summed E-state index contributed by atoms with van der Waals surface area (Å²) in [5.74, 6) is -0.185. The van der Waals surface area contributed by atoms with Gasteiger partial charge in [0.2, 0.25) is 5.91 Å². The molecule has 0 aromatic heterocycles. The van der Waals surface area contributed by atoms with Crippen molar-refractivity contribution in [2.24, 2.45) is 0 Å². The third-order valence-electron chi connectivity index (χ3n) is 13.7. The Balaban J connectivity index is 2.25. The number of unbranched alkanes of at least 4 members (excludes halogenated alkanes) is 35. The minimum Gasteiger partial charge on any atom is -0.394 e. The van der Waals surface area contributed by atoms with Crippen LogP contribution < -0.4 is 5.32 Å². The number of allylic oxidation sites excluding steroid dienone is 5. The second kappa shape index (κ2) is 48.1. The van der Waals surface area contributed by atoms with E-state index in [1.165, 1.54) is 212 Å². The van der Waals surface area contributed by atoms with Crippen LogP contribution in [0.2, 0.25) is 0 Å². The highest BCUT2D eigenvalue weighted by molar-refractivity contribution is 5.76. The average Bonchev–Trinajstić information content (AvgIpc) is 3.33. The van der Waals surface area contributed by atoms with E-state index in [2.05, 4.69) is 43.5 Å². The minimum absolute atomic E-state index is 0.185. The summed E-state index contributed by atoms with van der Waals surface area (Å²) in [5, 5.41) is 54.5. The van der Waals surface area contributed by atoms with Crippen LogP contribution in [0.3, 0.4) is 0 Å². The fraction of sp³-hybridized carbons (Fsp3) is 0.879. The number of aliphatic hydroxyl groups excluding tert-OH is 5. The normalized spacial score (nSPS) is 19.9. The molecule has 1 heterocycles. The first-order valence-corrected chi connectivity index (χ1v) is 28.7. The lowest BCUT2D eigenvalue weighted by atomic mass is 9.99. The number of rotatable bonds is 49. The highest BCUT2D eigenvalue weighted by atomic mass is 16.7. The quantitative estimate of drug-likeness (QED) is 0.0261. The van der Waals surface area contributed by atoms with Gasteiger partial charge in [0.25, 0.3) is 0 Å². The van der Waals surface area contributed by atoms with Crippen molar-refractivity contribution in [2.45, 2.75) is 314 Å². The fourth-order valence-corrected chi connectivity index (χ4v) is 9.11. The van der Waals surface area contributed by atoms with Crippen molar-refractivity contribution in [1.82, 2.24) is 5.32 Å². The fourth-order valence-electron chi connectivity index (χ4n) is 9.11. The van der Waals surface area contributed by atoms with Gasteiger partial charge in [-0.05, 0) is 57.8 Å². The smallest absolute Gasteiger partial charge is 0.220 e. The van der Waals surface area contributed by atoms with E-state index in [0.29, 0.717) is 6.42 Å². The molecule has 9 nitrogen and oxygen atoms in total. The van der Waals surface area contributed by atoms with Gasteiger partial charge in [-0.25, -0.2) is 0 Å². The van der Waals surface area contributed by atoms with Gasteiger partial charge in [0.05, 0.1) is 25.4 Å². The Morgan fingerprint density at radius 2 is 0.851 bits per heavy atom. The lowest BCUT2D eigenvalue weighted by Gasteiger charge is -2.40. The number of hydrogen-bond acceptors (Lipinski definition) is 8. The molecule has 0 saturated carbocycles. The summed E-state index contributed by atoms with van der Waals surface area (Å²) >= 11 is 0. The second-order valence-electron chi connectivity index (χ2n) is 20.1. The number of amides is 1. The van der Waals surface area contributed by atoms with Crippen molar-refractivity contribution in [3.05, 3.63) is 36.5 Å². The molecule has 0 radical (unpaired) electrons. The van der Waals surface area contributed by atoms with Crippen molar-refractivity contribution in [2.75, 3.05) is 13.2 Å². The molecule has 394 valence electrons. The Kier molecular flexibility index (Phi) is 45.5. The molecule has 7 atom stereocenters. The maximum atomic E-state index is 13.0. The minimum atomic E-state index is -1.57. The number of carbonyl (C=O) groups is 1. The van der Waals surface area contributed by atoms with E-state index in [4.69, 9.17) is 9.47 Å². The van der Waals surface area contributed by atoms with Gasteiger partial charge >= 0.3 is 0 Å². The predicted octanol–water partition coefficient (Wildman–Crippen LogP) is 14.0. The molecule has 0 bridgehead atoms. The third kappa shape index (κ3) is 37.9. The van der Waals surface area contributed by atoms with Crippen LogP contribution in [0.1, 0.15) is 271 Å². The molecule has 0 aromatic rings. The van der Waals surface area contributed by atoms with Gasteiger partial charge in [0.1, 0.15) is 24.4 Å². The van der Waals surface area contributed by atoms with Crippen LogP contribution in [0.4, 0.5) is 0 Å². The first-order valence-electron chi connectivity index (χ1n) is 28.7. The first kappa shape index (κ1) is 63.4. The summed E-state index contributed by atoms with van der Waals surface area (Å²) < 4.78 is 11.3. The van der Waals surface area contributed by atoms with Gasteiger partial charge in [-0.3, -0.25) is 4.79 Å². The molecule has 67 heavy (non-hydrogen) atoms. The van der Waals surface area contributed by atoms with E-state index < -0.39 is 49.5 Å². The van der Waals surface area contributed by atoms with E-state index in [1.807, 2.05) is 6.08 Å². The molecule has 6 N–H and O–H groups in total. The predicted molar refractivity (Wildman–Crippen MR) is 281 cm³/mol. The molecule has 1 aliphatic rings. The number of nitrogens with one attached hydrogen (secondary N) is 1. The van der Waals surface area contributed by atoms with Crippen LogP contribution in [0.15, 0.2) is 36.5 Å². The standard InChI is InChI=1S/C58H109NO8/c1-3-5-7-9-11-13-15-17-19-21-23-25-26-28-30-32-34-36-38-40-42-44-46-48-54(62)59-51(50-66-58-57(65)56(64)55(63)53(49-60)67-58)52(61)47-45-43-41-39-37-35-33-31-29-27-24-22-20-18-16-14-12-10-8-6-4-2/h21,23,37,39,45,47,51-53,55-58,60-61,63-65H,3-20,22,24-36,38,40-44,46,48-50H2,1-2H3,(H,59,62)/b23-21-,39-37+,47-45+. The van der Waals surface area contributed by atoms with Crippen LogP contribution in [0.25, 0.3) is 0 Å². The average molecular weight is 949 g/mol. The Morgan fingerprint density at radius 1 is 0.493 bits per heavy atom. The zero-order chi connectivity index (χ0) is 48.7. The summed E-state index contributed by atoms with van der Waals surface area (Å²) in [4.78, 5) is 13.0. The maximum Gasteiger partial charge on any atom is 0.220 e. The first-order chi connectivity index (χ1) is 32.8. The molecule has 1 saturated heterocycles. The number of aliphatic hydroxyl groups is 5. The Labute approximate surface area is 412 Å². The molecule has 0 spiro atoms. The highest BCUT2D eigenvalue weighted by Gasteiger charge is 2.44. The van der Waals surface area contributed by atoms with Crippen molar-refractivity contribution >= 4 is 5.91 Å². The van der Waals surface area contributed by atoms with E-state index in [-0.39, 0.29) is 12.5 Å². The molecular formula is C58H109NO8. The molecule has 0 aromatic carbocycles. The molecule has 9 heteroatoms. The second-order valence-corrected chi connectivity index (χ2v) is 20.1. The van der Waals surface area contributed by atoms with Crippen molar-refractivity contribution < 1.29 is 39.8 Å². The molecule has 7 unspecified atom stereocenters. The van der Waals surface area contributed by atoms with Crippen LogP contribution in [-0.4, -0.2) is 87.5 Å². The van der Waals surface area contributed by atoms with Gasteiger partial charge in [-0.2, -0.15) is 0 Å². The zero-order valence-corrected chi connectivity index (χ0v) is 43.7. The van der Waals surface area contributed by atoms with Crippen molar-refractivity contribution in [3.8, 4) is 0 Å². The van der Waals surface area contributed by atoms with E-state index in [1.54, 1.807) is 6.08 Å². The monoisotopic (exact) mass is 948 g/mol. The van der Waals surface area contributed by atoms with Crippen molar-refractivity contribution in [3.63, 3.8) is 0 Å². The van der Waals surface area contributed by atoms with E-state index in [0.717, 1.165) is 38.5 Å². The molecule has 1 aliphatic heterocycles. The Morgan fingerprint density at radius 3 is 1.25 bits per heavy atom. The van der Waals surface area contributed by atoms with Crippen LogP contribution in [0, 0.1) is 0 Å². The lowest BCUT2D eigenvalue weighted by Crippen LogP contribution is -2.60. The molecule has 1 amide bonds. The van der Waals surface area contributed by atoms with Gasteiger partial charge < -0.3 is 40.3 Å². The van der Waals surface area contributed by atoms with Gasteiger partial charge in [-0.1, -0.05) is 243 Å². The summed E-state index contributed by atoms with van der Waals surface area (Å²) in [6, 6.07) is -0.822. The zero-order valence-electron chi connectivity index (χ0n) is 43.7. The summed E-state index contributed by atoms with van der Waals surface area (Å²) in [6.07, 6.45) is 54.9. The summed E-state index contributed by atoms with van der Waals surface area (Å²) in [7, 11) is 0. The third-order valence-corrected chi connectivity index (χ3v) is 13.7. The summed E-state index contributed by atoms with van der Waals surface area (Å²) in [6.45, 7) is 3.79. The summed E-state index contributed by atoms with van der Waals surface area (Å²) in [5.41, 5.74) is 0.